The summed E-state index contributed by atoms with van der Waals surface area (Å²) < 4.78 is 0. The van der Waals surface area contributed by atoms with Crippen molar-refractivity contribution in [2.45, 2.75) is 26.4 Å². The smallest absolute Gasteiger partial charge is 0.0755 e. The van der Waals surface area contributed by atoms with Gasteiger partial charge in [-0.1, -0.05) is 24.3 Å². The standard InChI is InChI=1S/C8H14O/c1-3-5-7-8(9)6-4-2/h3-6,8-9H,7H2,1-2H3/b5-3+,6-4+. The monoisotopic (exact) mass is 126 g/mol. The molecule has 0 aliphatic heterocycles. The van der Waals surface area contributed by atoms with Crippen LogP contribution in [-0.2, 0) is 0 Å². The highest BCUT2D eigenvalue weighted by Gasteiger charge is 1.90. The molecule has 0 heterocycles. The Bertz CT molecular complexity index is 103. The van der Waals surface area contributed by atoms with Crippen molar-refractivity contribution < 1.29 is 5.11 Å². The highest BCUT2D eigenvalue weighted by molar-refractivity contribution is 4.91. The molecule has 9 heavy (non-hydrogen) atoms. The van der Waals surface area contributed by atoms with Crippen LogP contribution in [0.3, 0.4) is 0 Å². The van der Waals surface area contributed by atoms with Crippen LogP contribution in [0, 0.1) is 0 Å². The average molecular weight is 126 g/mol. The van der Waals surface area contributed by atoms with Crippen LogP contribution in [-0.4, -0.2) is 11.2 Å². The van der Waals surface area contributed by atoms with E-state index in [0.717, 1.165) is 6.42 Å². The Labute approximate surface area is 56.7 Å². The van der Waals surface area contributed by atoms with Crippen LogP contribution in [0.5, 0.6) is 0 Å². The second kappa shape index (κ2) is 5.57. The zero-order valence-corrected chi connectivity index (χ0v) is 6.04. The van der Waals surface area contributed by atoms with Crippen LogP contribution in [0.2, 0.25) is 0 Å². The molecule has 0 aliphatic rings. The summed E-state index contributed by atoms with van der Waals surface area (Å²) >= 11 is 0. The molecular formula is C8H14O. The zero-order chi connectivity index (χ0) is 7.11. The summed E-state index contributed by atoms with van der Waals surface area (Å²) in [6.07, 6.45) is 7.94. The SMILES string of the molecule is C/C=C/CC(O)/C=C/C. The van der Waals surface area contributed by atoms with Gasteiger partial charge in [0.15, 0.2) is 0 Å². The van der Waals surface area contributed by atoms with E-state index < -0.39 is 0 Å². The van der Waals surface area contributed by atoms with E-state index in [1.165, 1.54) is 0 Å². The molecule has 1 unspecified atom stereocenters. The fourth-order valence-corrected chi connectivity index (χ4v) is 0.576. The molecule has 0 rings (SSSR count). The number of hydrogen-bond donors (Lipinski definition) is 1. The summed E-state index contributed by atoms with van der Waals surface area (Å²) in [6, 6.07) is 0. The summed E-state index contributed by atoms with van der Waals surface area (Å²) in [6.45, 7) is 3.85. The lowest BCUT2D eigenvalue weighted by atomic mass is 10.2. The van der Waals surface area contributed by atoms with Crippen molar-refractivity contribution in [3.8, 4) is 0 Å². The molecule has 1 N–H and O–H groups in total. The first-order valence-electron chi connectivity index (χ1n) is 3.23. The summed E-state index contributed by atoms with van der Waals surface area (Å²) in [5, 5.41) is 9.04. The largest absolute Gasteiger partial charge is 0.389 e. The first-order chi connectivity index (χ1) is 4.31. The fourth-order valence-electron chi connectivity index (χ4n) is 0.576. The van der Waals surface area contributed by atoms with Gasteiger partial charge in [-0.2, -0.15) is 0 Å². The Kier molecular flexibility index (Phi) is 5.23. The van der Waals surface area contributed by atoms with Crippen LogP contribution >= 0.6 is 0 Å². The first-order valence-corrected chi connectivity index (χ1v) is 3.23. The van der Waals surface area contributed by atoms with Gasteiger partial charge in [0.05, 0.1) is 6.10 Å². The van der Waals surface area contributed by atoms with Crippen molar-refractivity contribution in [3.05, 3.63) is 24.3 Å². The Hall–Kier alpha value is -0.560. The summed E-state index contributed by atoms with van der Waals surface area (Å²) in [5.41, 5.74) is 0. The van der Waals surface area contributed by atoms with E-state index in [-0.39, 0.29) is 6.10 Å². The molecule has 52 valence electrons. The molecule has 0 aromatic carbocycles. The van der Waals surface area contributed by atoms with E-state index in [1.807, 2.05) is 32.1 Å². The summed E-state index contributed by atoms with van der Waals surface area (Å²) in [4.78, 5) is 0. The molecule has 0 saturated carbocycles. The highest BCUT2D eigenvalue weighted by atomic mass is 16.3. The molecule has 1 atom stereocenters. The Morgan fingerprint density at radius 2 is 2.00 bits per heavy atom. The lowest BCUT2D eigenvalue weighted by molar-refractivity contribution is 0.227. The van der Waals surface area contributed by atoms with Gasteiger partial charge in [0.25, 0.3) is 0 Å². The lowest BCUT2D eigenvalue weighted by Crippen LogP contribution is -1.98. The summed E-state index contributed by atoms with van der Waals surface area (Å²) in [7, 11) is 0. The number of aliphatic hydroxyl groups excluding tert-OH is 1. The van der Waals surface area contributed by atoms with Gasteiger partial charge in [0.2, 0.25) is 0 Å². The van der Waals surface area contributed by atoms with Crippen molar-refractivity contribution in [2.75, 3.05) is 0 Å². The van der Waals surface area contributed by atoms with Crippen molar-refractivity contribution in [1.29, 1.82) is 0 Å². The molecule has 0 bridgehead atoms. The van der Waals surface area contributed by atoms with Crippen LogP contribution in [0.4, 0.5) is 0 Å². The van der Waals surface area contributed by atoms with Gasteiger partial charge in [0.1, 0.15) is 0 Å². The van der Waals surface area contributed by atoms with Crippen molar-refractivity contribution in [1.82, 2.24) is 0 Å². The van der Waals surface area contributed by atoms with E-state index in [1.54, 1.807) is 6.08 Å². The molecular weight excluding hydrogens is 112 g/mol. The Balaban J connectivity index is 3.37. The third kappa shape index (κ3) is 5.31. The van der Waals surface area contributed by atoms with E-state index in [9.17, 15) is 0 Å². The van der Waals surface area contributed by atoms with Crippen LogP contribution in [0.25, 0.3) is 0 Å². The van der Waals surface area contributed by atoms with Gasteiger partial charge in [-0.25, -0.2) is 0 Å². The maximum absolute atomic E-state index is 9.04. The predicted octanol–water partition coefficient (Wildman–Crippen LogP) is 1.89. The van der Waals surface area contributed by atoms with E-state index in [2.05, 4.69) is 0 Å². The number of hydrogen-bond acceptors (Lipinski definition) is 1. The quantitative estimate of drug-likeness (QED) is 0.572. The fraction of sp³-hybridized carbons (Fsp3) is 0.500. The third-order valence-electron chi connectivity index (χ3n) is 1.03. The van der Waals surface area contributed by atoms with Gasteiger partial charge < -0.3 is 5.11 Å². The number of rotatable bonds is 3. The van der Waals surface area contributed by atoms with Crippen LogP contribution < -0.4 is 0 Å². The predicted molar refractivity (Wildman–Crippen MR) is 40.3 cm³/mol. The van der Waals surface area contributed by atoms with Crippen molar-refractivity contribution in [2.24, 2.45) is 0 Å². The Morgan fingerprint density at radius 1 is 1.33 bits per heavy atom. The van der Waals surface area contributed by atoms with E-state index >= 15 is 0 Å². The Morgan fingerprint density at radius 3 is 2.44 bits per heavy atom. The summed E-state index contributed by atoms with van der Waals surface area (Å²) in [5.74, 6) is 0. The molecule has 0 aromatic rings. The van der Waals surface area contributed by atoms with Gasteiger partial charge in [-0.05, 0) is 20.3 Å². The highest BCUT2D eigenvalue weighted by Crippen LogP contribution is 1.93. The molecule has 0 fully saturated rings. The average Bonchev–Trinajstić information content (AvgIpc) is 1.85. The second-order valence-corrected chi connectivity index (χ2v) is 1.90. The first kappa shape index (κ1) is 8.44. The van der Waals surface area contributed by atoms with E-state index in [0.29, 0.717) is 0 Å². The molecule has 1 nitrogen and oxygen atoms in total. The molecule has 0 aliphatic carbocycles. The van der Waals surface area contributed by atoms with Gasteiger partial charge in [-0.15, -0.1) is 0 Å². The van der Waals surface area contributed by atoms with E-state index in [4.69, 9.17) is 5.11 Å². The molecule has 1 heteroatoms. The third-order valence-corrected chi connectivity index (χ3v) is 1.03. The number of aliphatic hydroxyl groups is 1. The minimum absolute atomic E-state index is 0.300. The molecule has 0 aromatic heterocycles. The molecule has 0 radical (unpaired) electrons. The maximum Gasteiger partial charge on any atom is 0.0755 e. The van der Waals surface area contributed by atoms with Crippen LogP contribution in [0.15, 0.2) is 24.3 Å². The topological polar surface area (TPSA) is 20.2 Å². The van der Waals surface area contributed by atoms with Gasteiger partial charge in [-0.3, -0.25) is 0 Å². The molecule has 0 saturated heterocycles. The molecule has 0 spiro atoms. The number of allylic oxidation sites excluding steroid dienone is 2. The minimum Gasteiger partial charge on any atom is -0.389 e. The zero-order valence-electron chi connectivity index (χ0n) is 6.04. The van der Waals surface area contributed by atoms with Gasteiger partial charge >= 0.3 is 0 Å². The normalized spacial score (nSPS) is 15.4. The lowest BCUT2D eigenvalue weighted by Gasteiger charge is -1.97. The second-order valence-electron chi connectivity index (χ2n) is 1.90. The van der Waals surface area contributed by atoms with Crippen LogP contribution in [0.1, 0.15) is 20.3 Å². The van der Waals surface area contributed by atoms with Crippen molar-refractivity contribution >= 4 is 0 Å². The molecule has 0 amide bonds. The maximum atomic E-state index is 9.04. The van der Waals surface area contributed by atoms with Gasteiger partial charge in [0, 0.05) is 0 Å². The minimum atomic E-state index is -0.300. The van der Waals surface area contributed by atoms with Crippen molar-refractivity contribution in [3.63, 3.8) is 0 Å².